The van der Waals surface area contributed by atoms with Crippen molar-refractivity contribution in [1.82, 2.24) is 9.13 Å². The summed E-state index contributed by atoms with van der Waals surface area (Å²) in [5.41, 5.74) is 17.1. The Kier molecular flexibility index (Phi) is 6.65. The molecular weight excluding hydrogens is 611 g/mol. The van der Waals surface area contributed by atoms with Gasteiger partial charge in [-0.1, -0.05) is 0 Å². The molecule has 0 saturated carbocycles. The Morgan fingerprint density at radius 3 is 1.43 bits per heavy atom. The number of aryl methyl sites for hydroxylation is 4. The molecule has 5 heteroatoms. The molecule has 0 spiro atoms. The van der Waals surface area contributed by atoms with Gasteiger partial charge in [-0.05, 0) is 0 Å². The first kappa shape index (κ1) is 27.5. The van der Waals surface area contributed by atoms with Crippen molar-refractivity contribution in [3.63, 3.8) is 0 Å². The first-order chi connectivity index (χ1) is 18.5. The van der Waals surface area contributed by atoms with Crippen LogP contribution in [0.2, 0.25) is 0 Å². The molecule has 0 saturated heterocycles. The number of aromatic nitrogens is 2. The molecule has 2 nitrogen and oxygen atoms in total. The molecule has 6 aromatic rings. The number of hydrogen-bond donors (Lipinski definition) is 0. The maximum absolute atomic E-state index is 5.23. The van der Waals surface area contributed by atoms with Gasteiger partial charge in [-0.15, -0.1) is 24.8 Å². The van der Waals surface area contributed by atoms with Gasteiger partial charge in [-0.25, -0.2) is 0 Å². The third-order valence-electron chi connectivity index (χ3n) is 9.17. The Morgan fingerprint density at radius 2 is 1.00 bits per heavy atom. The Labute approximate surface area is 255 Å². The number of rotatable bonds is 2. The fourth-order valence-corrected chi connectivity index (χ4v) is 15.0. The molecule has 200 valence electrons. The number of hydrogen-bond acceptors (Lipinski definition) is 0. The molecule has 0 fully saturated rings. The molecule has 4 aromatic carbocycles. The van der Waals surface area contributed by atoms with E-state index in [0.717, 1.165) is 0 Å². The molecule has 8 rings (SSSR count). The molecule has 0 radical (unpaired) electrons. The summed E-state index contributed by atoms with van der Waals surface area (Å²) in [5.74, 6) is 0. The van der Waals surface area contributed by atoms with Gasteiger partial charge >= 0.3 is 232 Å². The van der Waals surface area contributed by atoms with Crippen LogP contribution in [0.4, 0.5) is 0 Å². The predicted molar refractivity (Wildman–Crippen MR) is 171 cm³/mol. The van der Waals surface area contributed by atoms with E-state index in [2.05, 4.69) is 122 Å². The van der Waals surface area contributed by atoms with Crippen LogP contribution in [0.1, 0.15) is 40.9 Å². The summed E-state index contributed by atoms with van der Waals surface area (Å²) in [5, 5.41) is 2.78. The van der Waals surface area contributed by atoms with E-state index in [1.54, 1.807) is 0 Å². The third kappa shape index (κ3) is 3.47. The van der Waals surface area contributed by atoms with E-state index in [0.29, 0.717) is 7.25 Å². The quantitative estimate of drug-likeness (QED) is 0.178. The zero-order valence-electron chi connectivity index (χ0n) is 23.2. The fourth-order valence-electron chi connectivity index (χ4n) is 7.56. The fraction of sp³-hybridized carbons (Fsp3) is 0.171. The Morgan fingerprint density at radius 1 is 0.600 bits per heavy atom. The van der Waals surface area contributed by atoms with Gasteiger partial charge in [-0.2, -0.15) is 0 Å². The molecule has 2 aliphatic rings. The number of nitrogens with zero attached hydrogens (tertiary/aromatic N) is 2. The molecule has 2 aliphatic carbocycles. The van der Waals surface area contributed by atoms with Crippen molar-refractivity contribution in [2.75, 3.05) is 0 Å². The predicted octanol–water partition coefficient (Wildman–Crippen LogP) is 9.02. The van der Waals surface area contributed by atoms with Crippen LogP contribution >= 0.6 is 24.8 Å². The average Bonchev–Trinajstić information content (AvgIpc) is 3.61. The SMILES string of the molecule is Cl.Cl.[CH2]=[Zr]([CH]1c2ccccc2-c2c1n(C)c1ccc(C)cc21)[CH]1c2ccccc2-c2c1n(C)c1ccc(C)cc21. The molecular formula is C35H32Cl2N2Zr. The molecule has 2 atom stereocenters. The maximum atomic E-state index is 5.23. The Balaban J connectivity index is 0.00000145. The van der Waals surface area contributed by atoms with E-state index in [4.69, 9.17) is 4.21 Å². The van der Waals surface area contributed by atoms with Crippen molar-refractivity contribution < 1.29 is 21.3 Å². The zero-order chi connectivity index (χ0) is 25.9. The first-order valence-corrected chi connectivity index (χ1v) is 18.1. The van der Waals surface area contributed by atoms with Crippen LogP contribution in [0.15, 0.2) is 84.9 Å². The Bertz CT molecular complexity index is 1870. The second-order valence-electron chi connectivity index (χ2n) is 11.3. The van der Waals surface area contributed by atoms with Gasteiger partial charge in [0.1, 0.15) is 0 Å². The summed E-state index contributed by atoms with van der Waals surface area (Å²) in [6.07, 6.45) is 0. The normalized spacial score (nSPS) is 16.2. The van der Waals surface area contributed by atoms with Crippen LogP contribution in [0, 0.1) is 13.8 Å². The van der Waals surface area contributed by atoms with Crippen LogP contribution in [-0.4, -0.2) is 13.3 Å². The van der Waals surface area contributed by atoms with Gasteiger partial charge in [0.25, 0.3) is 0 Å². The van der Waals surface area contributed by atoms with Crippen molar-refractivity contribution in [1.29, 1.82) is 0 Å². The van der Waals surface area contributed by atoms with Crippen LogP contribution in [0.5, 0.6) is 0 Å². The van der Waals surface area contributed by atoms with Crippen molar-refractivity contribution in [2.24, 2.45) is 14.1 Å². The summed E-state index contributed by atoms with van der Waals surface area (Å²) < 4.78 is 11.0. The van der Waals surface area contributed by atoms with Crippen molar-refractivity contribution in [3.05, 3.63) is 119 Å². The summed E-state index contributed by atoms with van der Waals surface area (Å²) in [6.45, 7) is 4.41. The second kappa shape index (κ2) is 9.69. The van der Waals surface area contributed by atoms with E-state index in [1.165, 1.54) is 77.7 Å². The van der Waals surface area contributed by atoms with E-state index in [1.807, 2.05) is 0 Å². The van der Waals surface area contributed by atoms with Crippen molar-refractivity contribution in [3.8, 4) is 22.3 Å². The summed E-state index contributed by atoms with van der Waals surface area (Å²) in [7, 11) is 4.55. The van der Waals surface area contributed by atoms with E-state index in [-0.39, 0.29) is 24.8 Å². The van der Waals surface area contributed by atoms with Crippen molar-refractivity contribution >= 4 is 50.8 Å². The van der Waals surface area contributed by atoms with Gasteiger partial charge < -0.3 is 0 Å². The monoisotopic (exact) mass is 640 g/mol. The minimum atomic E-state index is -2.52. The topological polar surface area (TPSA) is 9.86 Å². The van der Waals surface area contributed by atoms with Crippen LogP contribution in [-0.2, 0) is 35.4 Å². The van der Waals surface area contributed by atoms with E-state index < -0.39 is 21.3 Å². The zero-order valence-corrected chi connectivity index (χ0v) is 27.2. The van der Waals surface area contributed by atoms with Gasteiger partial charge in [0.05, 0.1) is 0 Å². The molecule has 2 unspecified atom stereocenters. The van der Waals surface area contributed by atoms with Crippen molar-refractivity contribution in [2.45, 2.75) is 21.1 Å². The van der Waals surface area contributed by atoms with Crippen LogP contribution < -0.4 is 0 Å². The van der Waals surface area contributed by atoms with Crippen LogP contribution in [0.3, 0.4) is 0 Å². The number of benzene rings is 4. The molecule has 0 N–H and O–H groups in total. The number of halogens is 2. The molecule has 0 aliphatic heterocycles. The molecule has 0 amide bonds. The van der Waals surface area contributed by atoms with Crippen LogP contribution in [0.25, 0.3) is 44.1 Å². The molecule has 2 heterocycles. The van der Waals surface area contributed by atoms with Gasteiger partial charge in [0, 0.05) is 0 Å². The third-order valence-corrected chi connectivity index (χ3v) is 15.7. The standard InChI is InChI=1S/2C17H14N.CH2.2ClH.Zr/c2*1-11-7-8-15-14(9-11)17-13-6-4-3-5-12(13)10-16(17)18(15)2;;;;/h2*3-10H,1-2H3;1H2;2*1H;. The van der Waals surface area contributed by atoms with Gasteiger partial charge in [0.2, 0.25) is 0 Å². The number of fused-ring (bicyclic) bond motifs is 10. The average molecular weight is 643 g/mol. The van der Waals surface area contributed by atoms with Gasteiger partial charge in [0.15, 0.2) is 0 Å². The van der Waals surface area contributed by atoms with E-state index >= 15 is 0 Å². The second-order valence-corrected chi connectivity index (χ2v) is 17.0. The van der Waals surface area contributed by atoms with E-state index in [9.17, 15) is 0 Å². The first-order valence-electron chi connectivity index (χ1n) is 13.5. The summed E-state index contributed by atoms with van der Waals surface area (Å²) in [6, 6.07) is 32.2. The Hall–Kier alpha value is -2.71. The molecule has 0 bridgehead atoms. The molecule has 2 aromatic heterocycles. The summed E-state index contributed by atoms with van der Waals surface area (Å²) in [4.78, 5) is 0. The minimum absolute atomic E-state index is 0. The summed E-state index contributed by atoms with van der Waals surface area (Å²) >= 11 is -2.52. The molecule has 40 heavy (non-hydrogen) atoms. The van der Waals surface area contributed by atoms with Gasteiger partial charge in [-0.3, -0.25) is 0 Å².